The minimum atomic E-state index is -0.0830. The average molecular weight is 274 g/mol. The number of nitrogens with one attached hydrogen (secondary N) is 1. The van der Waals surface area contributed by atoms with Crippen molar-refractivity contribution in [2.24, 2.45) is 0 Å². The SMILES string of the molecule is O=C(Cc1ccc2ccccc2n1)NCCOCCO. The number of nitrogens with zero attached hydrogens (tertiary/aromatic N) is 1. The molecule has 0 spiro atoms. The van der Waals surface area contributed by atoms with Crippen molar-refractivity contribution in [3.63, 3.8) is 0 Å². The van der Waals surface area contributed by atoms with Crippen LogP contribution in [0.3, 0.4) is 0 Å². The van der Waals surface area contributed by atoms with Crippen molar-refractivity contribution in [1.29, 1.82) is 0 Å². The van der Waals surface area contributed by atoms with E-state index in [1.165, 1.54) is 0 Å². The van der Waals surface area contributed by atoms with Crippen molar-refractivity contribution in [1.82, 2.24) is 10.3 Å². The molecule has 106 valence electrons. The fourth-order valence-electron chi connectivity index (χ4n) is 1.86. The minimum absolute atomic E-state index is 0.00500. The molecule has 0 bridgehead atoms. The summed E-state index contributed by atoms with van der Waals surface area (Å²) >= 11 is 0. The smallest absolute Gasteiger partial charge is 0.226 e. The van der Waals surface area contributed by atoms with Gasteiger partial charge in [0.05, 0.1) is 37.5 Å². The number of para-hydroxylation sites is 1. The molecule has 2 N–H and O–H groups in total. The summed E-state index contributed by atoms with van der Waals surface area (Å²) in [5.74, 6) is -0.0830. The highest BCUT2D eigenvalue weighted by molar-refractivity contribution is 5.81. The van der Waals surface area contributed by atoms with Crippen molar-refractivity contribution >= 4 is 16.8 Å². The molecule has 1 aromatic carbocycles. The lowest BCUT2D eigenvalue weighted by molar-refractivity contribution is -0.120. The lowest BCUT2D eigenvalue weighted by Gasteiger charge is -2.06. The number of aliphatic hydroxyl groups excluding tert-OH is 1. The summed E-state index contributed by atoms with van der Waals surface area (Å²) in [4.78, 5) is 16.2. The maximum absolute atomic E-state index is 11.7. The van der Waals surface area contributed by atoms with E-state index in [0.29, 0.717) is 19.8 Å². The molecule has 0 aliphatic carbocycles. The van der Waals surface area contributed by atoms with Crippen LogP contribution in [0, 0.1) is 0 Å². The van der Waals surface area contributed by atoms with Crippen LogP contribution in [0.1, 0.15) is 5.69 Å². The van der Waals surface area contributed by atoms with Gasteiger partial charge in [-0.2, -0.15) is 0 Å². The van der Waals surface area contributed by atoms with Crippen molar-refractivity contribution < 1.29 is 14.6 Å². The molecule has 0 aliphatic rings. The number of amides is 1. The fraction of sp³-hybridized carbons (Fsp3) is 0.333. The number of fused-ring (bicyclic) bond motifs is 1. The lowest BCUT2D eigenvalue weighted by Crippen LogP contribution is -2.29. The van der Waals surface area contributed by atoms with Crippen LogP contribution in [0.5, 0.6) is 0 Å². The van der Waals surface area contributed by atoms with Gasteiger partial charge in [-0.3, -0.25) is 9.78 Å². The zero-order valence-corrected chi connectivity index (χ0v) is 11.2. The quantitative estimate of drug-likeness (QED) is 0.736. The van der Waals surface area contributed by atoms with E-state index in [4.69, 9.17) is 9.84 Å². The molecule has 0 aliphatic heterocycles. The van der Waals surface area contributed by atoms with Gasteiger partial charge in [0.2, 0.25) is 5.91 Å². The Morgan fingerprint density at radius 1 is 1.20 bits per heavy atom. The van der Waals surface area contributed by atoms with E-state index < -0.39 is 0 Å². The summed E-state index contributed by atoms with van der Waals surface area (Å²) < 4.78 is 5.06. The Labute approximate surface area is 117 Å². The first-order chi connectivity index (χ1) is 9.79. The summed E-state index contributed by atoms with van der Waals surface area (Å²) in [6.07, 6.45) is 0.255. The first kappa shape index (κ1) is 14.4. The van der Waals surface area contributed by atoms with Gasteiger partial charge in [0, 0.05) is 11.9 Å². The highest BCUT2D eigenvalue weighted by atomic mass is 16.5. The highest BCUT2D eigenvalue weighted by Crippen LogP contribution is 2.11. The van der Waals surface area contributed by atoms with Gasteiger partial charge in [0.25, 0.3) is 0 Å². The average Bonchev–Trinajstić information content (AvgIpc) is 2.47. The van der Waals surface area contributed by atoms with Crippen LogP contribution in [-0.2, 0) is 16.0 Å². The number of pyridine rings is 1. The Balaban J connectivity index is 1.83. The molecule has 0 fully saturated rings. The minimum Gasteiger partial charge on any atom is -0.394 e. The molecule has 0 unspecified atom stereocenters. The number of aromatic nitrogens is 1. The Kier molecular flexibility index (Phi) is 5.46. The number of hydrogen-bond donors (Lipinski definition) is 2. The van der Waals surface area contributed by atoms with Gasteiger partial charge in [-0.25, -0.2) is 0 Å². The zero-order valence-electron chi connectivity index (χ0n) is 11.2. The second-order valence-electron chi connectivity index (χ2n) is 4.36. The number of ether oxygens (including phenoxy) is 1. The molecule has 1 amide bonds. The van der Waals surface area contributed by atoms with E-state index >= 15 is 0 Å². The van der Waals surface area contributed by atoms with E-state index in [-0.39, 0.29) is 18.9 Å². The van der Waals surface area contributed by atoms with Crippen LogP contribution < -0.4 is 5.32 Å². The molecule has 0 radical (unpaired) electrons. The third kappa shape index (κ3) is 4.29. The number of aliphatic hydroxyl groups is 1. The molecule has 0 saturated heterocycles. The molecule has 5 heteroatoms. The second kappa shape index (κ2) is 7.57. The van der Waals surface area contributed by atoms with E-state index in [2.05, 4.69) is 10.3 Å². The molecule has 2 rings (SSSR count). The molecule has 5 nitrogen and oxygen atoms in total. The van der Waals surface area contributed by atoms with Gasteiger partial charge in [-0.15, -0.1) is 0 Å². The number of carbonyl (C=O) groups excluding carboxylic acids is 1. The number of hydrogen-bond acceptors (Lipinski definition) is 4. The van der Waals surface area contributed by atoms with Crippen LogP contribution in [0.15, 0.2) is 36.4 Å². The van der Waals surface area contributed by atoms with Crippen LogP contribution in [0.4, 0.5) is 0 Å². The summed E-state index contributed by atoms with van der Waals surface area (Å²) in [5, 5.41) is 12.4. The van der Waals surface area contributed by atoms with E-state index in [9.17, 15) is 4.79 Å². The Morgan fingerprint density at radius 3 is 2.90 bits per heavy atom. The van der Waals surface area contributed by atoms with Crippen LogP contribution in [0.2, 0.25) is 0 Å². The summed E-state index contributed by atoms with van der Waals surface area (Å²) in [6, 6.07) is 11.6. The van der Waals surface area contributed by atoms with Crippen molar-refractivity contribution in [3.05, 3.63) is 42.1 Å². The van der Waals surface area contributed by atoms with E-state index in [1.807, 2.05) is 36.4 Å². The summed E-state index contributed by atoms with van der Waals surface area (Å²) in [5.41, 5.74) is 1.64. The first-order valence-corrected chi connectivity index (χ1v) is 6.59. The standard InChI is InChI=1S/C15H18N2O3/c18-8-10-20-9-7-16-15(19)11-13-6-5-12-3-1-2-4-14(12)17-13/h1-6,18H,7-11H2,(H,16,19). The third-order valence-corrected chi connectivity index (χ3v) is 2.80. The van der Waals surface area contributed by atoms with Gasteiger partial charge < -0.3 is 15.2 Å². The van der Waals surface area contributed by atoms with Crippen molar-refractivity contribution in [2.75, 3.05) is 26.4 Å². The lowest BCUT2D eigenvalue weighted by atomic mass is 10.2. The Morgan fingerprint density at radius 2 is 2.05 bits per heavy atom. The van der Waals surface area contributed by atoms with Gasteiger partial charge in [-0.05, 0) is 12.1 Å². The van der Waals surface area contributed by atoms with Gasteiger partial charge in [-0.1, -0.05) is 24.3 Å². The molecule has 20 heavy (non-hydrogen) atoms. The Hall–Kier alpha value is -1.98. The monoisotopic (exact) mass is 274 g/mol. The molecule has 2 aromatic rings. The van der Waals surface area contributed by atoms with Crippen LogP contribution >= 0.6 is 0 Å². The van der Waals surface area contributed by atoms with Crippen LogP contribution in [-0.4, -0.2) is 42.4 Å². The number of benzene rings is 1. The van der Waals surface area contributed by atoms with Gasteiger partial charge >= 0.3 is 0 Å². The summed E-state index contributed by atoms with van der Waals surface area (Å²) in [6.45, 7) is 1.13. The van der Waals surface area contributed by atoms with Crippen molar-refractivity contribution in [3.8, 4) is 0 Å². The van der Waals surface area contributed by atoms with Crippen molar-refractivity contribution in [2.45, 2.75) is 6.42 Å². The van der Waals surface area contributed by atoms with E-state index in [1.54, 1.807) is 0 Å². The maximum atomic E-state index is 11.7. The molecular weight excluding hydrogens is 256 g/mol. The van der Waals surface area contributed by atoms with Gasteiger partial charge in [0.1, 0.15) is 0 Å². The molecule has 0 atom stereocenters. The van der Waals surface area contributed by atoms with E-state index in [0.717, 1.165) is 16.6 Å². The largest absolute Gasteiger partial charge is 0.394 e. The number of rotatable bonds is 7. The highest BCUT2D eigenvalue weighted by Gasteiger charge is 2.05. The fourth-order valence-corrected chi connectivity index (χ4v) is 1.86. The molecule has 1 heterocycles. The Bertz CT molecular complexity index is 572. The summed E-state index contributed by atoms with van der Waals surface area (Å²) in [7, 11) is 0. The predicted octanol–water partition coefficient (Wildman–Crippen LogP) is 0.902. The first-order valence-electron chi connectivity index (χ1n) is 6.59. The zero-order chi connectivity index (χ0) is 14.2. The normalized spacial score (nSPS) is 10.7. The molecular formula is C15H18N2O3. The topological polar surface area (TPSA) is 71.5 Å². The molecule has 0 saturated carbocycles. The van der Waals surface area contributed by atoms with Crippen LogP contribution in [0.25, 0.3) is 10.9 Å². The molecule has 1 aromatic heterocycles. The maximum Gasteiger partial charge on any atom is 0.226 e. The third-order valence-electron chi connectivity index (χ3n) is 2.80. The van der Waals surface area contributed by atoms with Gasteiger partial charge in [0.15, 0.2) is 0 Å². The number of carbonyl (C=O) groups is 1. The second-order valence-corrected chi connectivity index (χ2v) is 4.36. The predicted molar refractivity (Wildman–Crippen MR) is 76.4 cm³/mol.